The quantitative estimate of drug-likeness (QED) is 0.406. The van der Waals surface area contributed by atoms with Crippen molar-refractivity contribution in [2.24, 2.45) is 0 Å². The van der Waals surface area contributed by atoms with Crippen molar-refractivity contribution >= 4 is 5.70 Å². The molecule has 0 atom stereocenters. The SMILES string of the molecule is C/C=C(/C)N(Cc1ccc(F)c(F)c1)C(=C(C)C)c1ccc(-c2ccccc2)cc1. The summed E-state index contributed by atoms with van der Waals surface area (Å²) in [6.45, 7) is 8.60. The average molecular weight is 404 g/mol. The Kier molecular flexibility index (Phi) is 6.83. The van der Waals surface area contributed by atoms with E-state index in [1.165, 1.54) is 17.7 Å². The monoisotopic (exact) mass is 403 g/mol. The Bertz CT molecular complexity index is 1060. The third kappa shape index (κ3) is 4.85. The van der Waals surface area contributed by atoms with Crippen LogP contribution in [0.4, 0.5) is 8.78 Å². The van der Waals surface area contributed by atoms with Gasteiger partial charge in [0.1, 0.15) is 0 Å². The van der Waals surface area contributed by atoms with E-state index < -0.39 is 11.6 Å². The second-order valence-electron chi connectivity index (χ2n) is 7.56. The van der Waals surface area contributed by atoms with E-state index in [2.05, 4.69) is 55.1 Å². The molecule has 0 saturated heterocycles. The second kappa shape index (κ2) is 9.53. The van der Waals surface area contributed by atoms with Gasteiger partial charge >= 0.3 is 0 Å². The molecule has 3 aromatic carbocycles. The van der Waals surface area contributed by atoms with Crippen LogP contribution in [0.2, 0.25) is 0 Å². The van der Waals surface area contributed by atoms with Crippen LogP contribution in [0, 0.1) is 11.6 Å². The number of allylic oxidation sites excluding steroid dienone is 3. The van der Waals surface area contributed by atoms with Crippen molar-refractivity contribution in [3.8, 4) is 11.1 Å². The fraction of sp³-hybridized carbons (Fsp3) is 0.185. The van der Waals surface area contributed by atoms with Crippen molar-refractivity contribution in [2.75, 3.05) is 0 Å². The van der Waals surface area contributed by atoms with Crippen molar-refractivity contribution in [3.05, 3.63) is 113 Å². The highest BCUT2D eigenvalue weighted by Crippen LogP contribution is 2.31. The van der Waals surface area contributed by atoms with Gasteiger partial charge in [0.2, 0.25) is 0 Å². The maximum Gasteiger partial charge on any atom is 0.159 e. The van der Waals surface area contributed by atoms with E-state index in [0.29, 0.717) is 6.54 Å². The van der Waals surface area contributed by atoms with E-state index >= 15 is 0 Å². The van der Waals surface area contributed by atoms with Gasteiger partial charge in [-0.25, -0.2) is 8.78 Å². The van der Waals surface area contributed by atoms with Gasteiger partial charge < -0.3 is 4.90 Å². The highest BCUT2D eigenvalue weighted by molar-refractivity contribution is 5.72. The molecule has 0 radical (unpaired) electrons. The molecule has 154 valence electrons. The van der Waals surface area contributed by atoms with E-state index in [0.717, 1.165) is 33.7 Å². The van der Waals surface area contributed by atoms with Crippen LogP contribution < -0.4 is 0 Å². The van der Waals surface area contributed by atoms with Gasteiger partial charge in [-0.1, -0.05) is 72.3 Å². The van der Waals surface area contributed by atoms with Crippen LogP contribution in [0.1, 0.15) is 38.8 Å². The minimum absolute atomic E-state index is 0.453. The maximum absolute atomic E-state index is 13.8. The molecule has 3 heteroatoms. The first kappa shape index (κ1) is 21.5. The summed E-state index contributed by atoms with van der Waals surface area (Å²) >= 11 is 0. The Hall–Kier alpha value is -3.20. The summed E-state index contributed by atoms with van der Waals surface area (Å²) < 4.78 is 27.2. The fourth-order valence-corrected chi connectivity index (χ4v) is 3.52. The minimum Gasteiger partial charge on any atom is -0.341 e. The van der Waals surface area contributed by atoms with E-state index in [-0.39, 0.29) is 0 Å². The van der Waals surface area contributed by atoms with Crippen LogP contribution in [0.5, 0.6) is 0 Å². The molecule has 0 heterocycles. The van der Waals surface area contributed by atoms with Crippen molar-refractivity contribution in [1.29, 1.82) is 0 Å². The van der Waals surface area contributed by atoms with Crippen LogP contribution in [0.3, 0.4) is 0 Å². The maximum atomic E-state index is 13.8. The molecule has 0 fully saturated rings. The van der Waals surface area contributed by atoms with Gasteiger partial charge in [-0.15, -0.1) is 0 Å². The zero-order chi connectivity index (χ0) is 21.7. The number of benzene rings is 3. The van der Waals surface area contributed by atoms with Gasteiger partial charge in [-0.05, 0) is 62.1 Å². The minimum atomic E-state index is -0.827. The fourth-order valence-electron chi connectivity index (χ4n) is 3.52. The first-order valence-corrected chi connectivity index (χ1v) is 10.1. The van der Waals surface area contributed by atoms with Crippen molar-refractivity contribution in [2.45, 2.75) is 34.2 Å². The van der Waals surface area contributed by atoms with Gasteiger partial charge in [0, 0.05) is 17.9 Å². The second-order valence-corrected chi connectivity index (χ2v) is 7.56. The first-order valence-electron chi connectivity index (χ1n) is 10.1. The molecule has 0 aliphatic carbocycles. The predicted molar refractivity (Wildman–Crippen MR) is 121 cm³/mol. The summed E-state index contributed by atoms with van der Waals surface area (Å²) in [5.74, 6) is -1.65. The normalized spacial score (nSPS) is 11.3. The average Bonchev–Trinajstić information content (AvgIpc) is 2.76. The van der Waals surface area contributed by atoms with Crippen LogP contribution in [0.15, 0.2) is 90.1 Å². The summed E-state index contributed by atoms with van der Waals surface area (Å²) in [7, 11) is 0. The van der Waals surface area contributed by atoms with E-state index in [4.69, 9.17) is 0 Å². The molecule has 3 aromatic rings. The Labute approximate surface area is 178 Å². The molecule has 0 aliphatic heterocycles. The van der Waals surface area contributed by atoms with Gasteiger partial charge in [0.05, 0.1) is 0 Å². The van der Waals surface area contributed by atoms with Crippen LogP contribution in [0.25, 0.3) is 16.8 Å². The molecule has 0 aliphatic rings. The summed E-state index contributed by atoms with van der Waals surface area (Å²) in [4.78, 5) is 2.15. The third-order valence-corrected chi connectivity index (χ3v) is 5.18. The highest BCUT2D eigenvalue weighted by atomic mass is 19.2. The molecular weight excluding hydrogens is 376 g/mol. The molecule has 0 N–H and O–H groups in total. The van der Waals surface area contributed by atoms with E-state index in [9.17, 15) is 8.78 Å². The van der Waals surface area contributed by atoms with Gasteiger partial charge in [0.25, 0.3) is 0 Å². The Morgan fingerprint density at radius 3 is 2.00 bits per heavy atom. The summed E-state index contributed by atoms with van der Waals surface area (Å²) in [5.41, 5.74) is 7.38. The molecule has 1 nitrogen and oxygen atoms in total. The molecule has 0 unspecified atom stereocenters. The smallest absolute Gasteiger partial charge is 0.159 e. The zero-order valence-electron chi connectivity index (χ0n) is 17.9. The molecule has 0 aromatic heterocycles. The number of nitrogens with zero attached hydrogens (tertiary/aromatic N) is 1. The lowest BCUT2D eigenvalue weighted by Crippen LogP contribution is -2.21. The lowest BCUT2D eigenvalue weighted by Gasteiger charge is -2.30. The Balaban J connectivity index is 1.99. The molecule has 0 saturated carbocycles. The van der Waals surface area contributed by atoms with Crippen molar-refractivity contribution < 1.29 is 8.78 Å². The topological polar surface area (TPSA) is 3.24 Å². The zero-order valence-corrected chi connectivity index (χ0v) is 17.9. The number of hydrogen-bond donors (Lipinski definition) is 0. The highest BCUT2D eigenvalue weighted by Gasteiger charge is 2.17. The van der Waals surface area contributed by atoms with Gasteiger partial charge in [0.15, 0.2) is 11.6 Å². The molecule has 0 spiro atoms. The van der Waals surface area contributed by atoms with E-state index in [1.54, 1.807) is 6.07 Å². The van der Waals surface area contributed by atoms with Gasteiger partial charge in [-0.2, -0.15) is 0 Å². The number of hydrogen-bond acceptors (Lipinski definition) is 1. The third-order valence-electron chi connectivity index (χ3n) is 5.18. The molecular formula is C27H27F2N. The molecule has 0 amide bonds. The summed E-state index contributed by atoms with van der Waals surface area (Å²) in [6.07, 6.45) is 2.03. The predicted octanol–water partition coefficient (Wildman–Crippen LogP) is 7.81. The van der Waals surface area contributed by atoms with Crippen LogP contribution in [-0.4, -0.2) is 4.90 Å². The Morgan fingerprint density at radius 1 is 0.800 bits per heavy atom. The molecule has 0 bridgehead atoms. The lowest BCUT2D eigenvalue weighted by atomic mass is 10.00. The number of halogens is 2. The van der Waals surface area contributed by atoms with Crippen LogP contribution >= 0.6 is 0 Å². The molecule has 30 heavy (non-hydrogen) atoms. The standard InChI is InChI=1S/C27H27F2N/c1-5-20(4)30(18-21-11-16-25(28)26(29)17-21)27(19(2)3)24-14-12-23(13-15-24)22-9-7-6-8-10-22/h5-17H,18H2,1-4H3/b20-5-. The first-order chi connectivity index (χ1) is 14.4. The summed E-state index contributed by atoms with van der Waals surface area (Å²) in [6, 6.07) is 22.8. The van der Waals surface area contributed by atoms with E-state index in [1.807, 2.05) is 38.1 Å². The molecule has 3 rings (SSSR count). The lowest BCUT2D eigenvalue weighted by molar-refractivity contribution is 0.470. The Morgan fingerprint density at radius 2 is 1.43 bits per heavy atom. The van der Waals surface area contributed by atoms with Crippen molar-refractivity contribution in [1.82, 2.24) is 4.90 Å². The van der Waals surface area contributed by atoms with Crippen LogP contribution in [-0.2, 0) is 6.54 Å². The van der Waals surface area contributed by atoms with Gasteiger partial charge in [-0.3, -0.25) is 0 Å². The number of rotatable bonds is 6. The summed E-state index contributed by atoms with van der Waals surface area (Å²) in [5, 5.41) is 0. The largest absolute Gasteiger partial charge is 0.341 e. The van der Waals surface area contributed by atoms with Crippen molar-refractivity contribution in [3.63, 3.8) is 0 Å².